The molecule has 0 unspecified atom stereocenters. The lowest BCUT2D eigenvalue weighted by Crippen LogP contribution is -2.31. The predicted octanol–water partition coefficient (Wildman–Crippen LogP) is 3.15. The molecule has 0 saturated heterocycles. The lowest BCUT2D eigenvalue weighted by atomic mass is 9.84. The van der Waals surface area contributed by atoms with Gasteiger partial charge in [0, 0.05) is 11.5 Å². The van der Waals surface area contributed by atoms with Crippen LogP contribution < -0.4 is 4.74 Å². The zero-order valence-corrected chi connectivity index (χ0v) is 9.91. The van der Waals surface area contributed by atoms with Gasteiger partial charge in [0.1, 0.15) is 11.9 Å². The molecule has 0 atom stereocenters. The van der Waals surface area contributed by atoms with Gasteiger partial charge in [0.2, 0.25) is 0 Å². The summed E-state index contributed by atoms with van der Waals surface area (Å²) in [7, 11) is 0. The Morgan fingerprint density at radius 3 is 2.53 bits per heavy atom. The quantitative estimate of drug-likeness (QED) is 0.750. The molecular formula is C12H19NO2. The van der Waals surface area contributed by atoms with Gasteiger partial charge in [-0.05, 0) is 23.9 Å². The Morgan fingerprint density at radius 2 is 2.07 bits per heavy atom. The van der Waals surface area contributed by atoms with Crippen LogP contribution in [-0.4, -0.2) is 11.3 Å². The van der Waals surface area contributed by atoms with E-state index in [-0.39, 0.29) is 5.41 Å². The van der Waals surface area contributed by atoms with Crippen LogP contribution in [0.3, 0.4) is 0 Å². The molecule has 1 aliphatic rings. The molecule has 15 heavy (non-hydrogen) atoms. The van der Waals surface area contributed by atoms with Crippen LogP contribution in [0.1, 0.15) is 46.3 Å². The molecule has 3 nitrogen and oxygen atoms in total. The maximum atomic E-state index is 5.69. The fourth-order valence-corrected chi connectivity index (χ4v) is 1.76. The third-order valence-electron chi connectivity index (χ3n) is 2.85. The maximum Gasteiger partial charge on any atom is 0.254 e. The summed E-state index contributed by atoms with van der Waals surface area (Å²) in [4.78, 5) is 0. The number of ether oxygens (including phenoxy) is 1. The third kappa shape index (κ3) is 2.33. The second-order valence-electron chi connectivity index (χ2n) is 5.60. The summed E-state index contributed by atoms with van der Waals surface area (Å²) in [6.07, 6.45) is 2.62. The molecular weight excluding hydrogens is 190 g/mol. The van der Waals surface area contributed by atoms with Gasteiger partial charge < -0.3 is 9.26 Å². The van der Waals surface area contributed by atoms with Gasteiger partial charge in [0.25, 0.3) is 5.88 Å². The van der Waals surface area contributed by atoms with Crippen molar-refractivity contribution >= 4 is 0 Å². The van der Waals surface area contributed by atoms with Crippen LogP contribution in [0.5, 0.6) is 5.88 Å². The van der Waals surface area contributed by atoms with E-state index in [9.17, 15) is 0 Å². The summed E-state index contributed by atoms with van der Waals surface area (Å²) in [6, 6.07) is 1.91. The Hall–Kier alpha value is -0.990. The van der Waals surface area contributed by atoms with Crippen molar-refractivity contribution in [1.82, 2.24) is 5.16 Å². The van der Waals surface area contributed by atoms with Gasteiger partial charge in [-0.1, -0.05) is 27.7 Å². The molecule has 1 heterocycles. The topological polar surface area (TPSA) is 35.3 Å². The second kappa shape index (κ2) is 3.54. The molecule has 0 radical (unpaired) electrons. The SMILES string of the molecule is CC1CC(Oc2cc(C(C)(C)C)on2)C1. The van der Waals surface area contributed by atoms with Crippen LogP contribution in [0.25, 0.3) is 0 Å². The largest absolute Gasteiger partial charge is 0.472 e. The Balaban J connectivity index is 1.96. The Morgan fingerprint density at radius 1 is 1.40 bits per heavy atom. The summed E-state index contributed by atoms with van der Waals surface area (Å²) in [5.41, 5.74) is 0.00150. The van der Waals surface area contributed by atoms with E-state index in [2.05, 4.69) is 32.9 Å². The van der Waals surface area contributed by atoms with Crippen molar-refractivity contribution in [3.05, 3.63) is 11.8 Å². The third-order valence-corrected chi connectivity index (χ3v) is 2.85. The molecule has 3 heteroatoms. The molecule has 0 bridgehead atoms. The van der Waals surface area contributed by atoms with E-state index >= 15 is 0 Å². The van der Waals surface area contributed by atoms with Crippen molar-refractivity contribution in [2.45, 2.75) is 52.1 Å². The average molecular weight is 209 g/mol. The van der Waals surface area contributed by atoms with Crippen molar-refractivity contribution in [3.8, 4) is 5.88 Å². The first-order valence-corrected chi connectivity index (χ1v) is 5.59. The van der Waals surface area contributed by atoms with E-state index in [1.807, 2.05) is 6.07 Å². The molecule has 1 fully saturated rings. The highest BCUT2D eigenvalue weighted by atomic mass is 16.5. The van der Waals surface area contributed by atoms with Gasteiger partial charge in [-0.25, -0.2) is 0 Å². The van der Waals surface area contributed by atoms with Crippen molar-refractivity contribution in [3.63, 3.8) is 0 Å². The normalized spacial score (nSPS) is 26.1. The average Bonchev–Trinajstić information content (AvgIpc) is 2.49. The van der Waals surface area contributed by atoms with Crippen LogP contribution in [-0.2, 0) is 5.41 Å². The van der Waals surface area contributed by atoms with Gasteiger partial charge >= 0.3 is 0 Å². The summed E-state index contributed by atoms with van der Waals surface area (Å²) in [5.74, 6) is 2.31. The van der Waals surface area contributed by atoms with Gasteiger partial charge in [0.15, 0.2) is 0 Å². The molecule has 1 aromatic rings. The number of hydrogen-bond donors (Lipinski definition) is 0. The maximum absolute atomic E-state index is 5.69. The Labute approximate surface area is 90.8 Å². The van der Waals surface area contributed by atoms with Gasteiger partial charge in [0.05, 0.1) is 0 Å². The zero-order chi connectivity index (χ0) is 11.1. The predicted molar refractivity (Wildman–Crippen MR) is 58.0 cm³/mol. The van der Waals surface area contributed by atoms with Gasteiger partial charge in [-0.3, -0.25) is 0 Å². The lowest BCUT2D eigenvalue weighted by Gasteiger charge is -2.31. The second-order valence-corrected chi connectivity index (χ2v) is 5.60. The summed E-state index contributed by atoms with van der Waals surface area (Å²) < 4.78 is 10.9. The Bertz CT molecular complexity index is 332. The molecule has 0 aromatic carbocycles. The molecule has 84 valence electrons. The molecule has 1 aromatic heterocycles. The van der Waals surface area contributed by atoms with Crippen LogP contribution >= 0.6 is 0 Å². The highest BCUT2D eigenvalue weighted by molar-refractivity contribution is 5.17. The van der Waals surface area contributed by atoms with Gasteiger partial charge in [-0.2, -0.15) is 0 Å². The van der Waals surface area contributed by atoms with E-state index in [4.69, 9.17) is 9.26 Å². The molecule has 0 aliphatic heterocycles. The number of rotatable bonds is 2. The lowest BCUT2D eigenvalue weighted by molar-refractivity contribution is 0.0659. The minimum atomic E-state index is 0.00150. The van der Waals surface area contributed by atoms with Crippen LogP contribution in [0, 0.1) is 5.92 Å². The number of aromatic nitrogens is 1. The zero-order valence-electron chi connectivity index (χ0n) is 9.91. The fraction of sp³-hybridized carbons (Fsp3) is 0.750. The molecule has 0 N–H and O–H groups in total. The van der Waals surface area contributed by atoms with Crippen LogP contribution in [0.4, 0.5) is 0 Å². The Kier molecular flexibility index (Phi) is 2.49. The summed E-state index contributed by atoms with van der Waals surface area (Å²) in [5, 5.41) is 3.93. The summed E-state index contributed by atoms with van der Waals surface area (Å²) in [6.45, 7) is 8.54. The summed E-state index contributed by atoms with van der Waals surface area (Å²) >= 11 is 0. The molecule has 0 spiro atoms. The van der Waals surface area contributed by atoms with Crippen molar-refractivity contribution < 1.29 is 9.26 Å². The first-order valence-electron chi connectivity index (χ1n) is 5.59. The van der Waals surface area contributed by atoms with Crippen molar-refractivity contribution in [2.75, 3.05) is 0 Å². The minimum absolute atomic E-state index is 0.00150. The molecule has 1 aliphatic carbocycles. The highest BCUT2D eigenvalue weighted by Gasteiger charge is 2.28. The van der Waals surface area contributed by atoms with Gasteiger partial charge in [-0.15, -0.1) is 0 Å². The fourth-order valence-electron chi connectivity index (χ4n) is 1.76. The standard InChI is InChI=1S/C12H19NO2/c1-8-5-9(6-8)14-11-7-10(15-13-11)12(2,3)4/h7-9H,5-6H2,1-4H3. The smallest absolute Gasteiger partial charge is 0.254 e. The number of hydrogen-bond acceptors (Lipinski definition) is 3. The monoisotopic (exact) mass is 209 g/mol. The van der Waals surface area contributed by atoms with E-state index < -0.39 is 0 Å². The molecule has 0 amide bonds. The first-order chi connectivity index (χ1) is 6.95. The number of nitrogens with zero attached hydrogens (tertiary/aromatic N) is 1. The van der Waals surface area contributed by atoms with E-state index in [0.29, 0.717) is 12.0 Å². The first kappa shape index (κ1) is 10.5. The van der Waals surface area contributed by atoms with E-state index in [1.165, 1.54) is 0 Å². The van der Waals surface area contributed by atoms with Crippen molar-refractivity contribution in [2.24, 2.45) is 5.92 Å². The molecule has 1 saturated carbocycles. The van der Waals surface area contributed by atoms with Crippen LogP contribution in [0.2, 0.25) is 0 Å². The van der Waals surface area contributed by atoms with Crippen molar-refractivity contribution in [1.29, 1.82) is 0 Å². The highest BCUT2D eigenvalue weighted by Crippen LogP contribution is 2.32. The van der Waals surface area contributed by atoms with Crippen LogP contribution in [0.15, 0.2) is 10.6 Å². The molecule has 2 rings (SSSR count). The van der Waals surface area contributed by atoms with E-state index in [1.54, 1.807) is 0 Å². The minimum Gasteiger partial charge on any atom is -0.472 e. The van der Waals surface area contributed by atoms with E-state index in [0.717, 1.165) is 24.5 Å².